The molecule has 0 spiro atoms. The first-order chi connectivity index (χ1) is 20.0. The van der Waals surface area contributed by atoms with Crippen LogP contribution in [0, 0.1) is 12.8 Å². The number of sulfone groups is 1. The van der Waals surface area contributed by atoms with E-state index in [1.165, 1.54) is 19.3 Å². The van der Waals surface area contributed by atoms with Gasteiger partial charge in [0, 0.05) is 31.0 Å². The molecule has 1 aliphatic heterocycles. The van der Waals surface area contributed by atoms with Crippen LogP contribution in [-0.2, 0) is 25.9 Å². The Morgan fingerprint density at radius 1 is 1.10 bits per heavy atom. The van der Waals surface area contributed by atoms with Gasteiger partial charge < -0.3 is 15.2 Å². The average molecular weight is 599 g/mol. The maximum absolute atomic E-state index is 13.5. The number of carboxylic acids is 1. The molecule has 1 amide bonds. The summed E-state index contributed by atoms with van der Waals surface area (Å²) in [6, 6.07) is 12.6. The minimum atomic E-state index is -3.38. The van der Waals surface area contributed by atoms with Gasteiger partial charge in [0.1, 0.15) is 15.9 Å². The van der Waals surface area contributed by atoms with E-state index in [4.69, 9.17) is 4.74 Å². The topological polar surface area (TPSA) is 113 Å². The van der Waals surface area contributed by atoms with E-state index in [1.807, 2.05) is 43.3 Å². The summed E-state index contributed by atoms with van der Waals surface area (Å²) >= 11 is 0. The molecular formula is C33H46N2O6S. The van der Waals surface area contributed by atoms with Gasteiger partial charge in [-0.05, 0) is 72.9 Å². The Hall–Kier alpha value is -2.75. The normalized spacial score (nSPS) is 20.8. The average Bonchev–Trinajstić information content (AvgIpc) is 3.35. The Bertz CT molecular complexity index is 1340. The number of amides is 1. The number of carbonyl (C=O) groups excluding carboxylic acids is 1. The van der Waals surface area contributed by atoms with Crippen molar-refractivity contribution in [2.24, 2.45) is 5.92 Å². The molecule has 42 heavy (non-hydrogen) atoms. The van der Waals surface area contributed by atoms with Crippen molar-refractivity contribution in [1.29, 1.82) is 0 Å². The van der Waals surface area contributed by atoms with Gasteiger partial charge in [-0.2, -0.15) is 0 Å². The Morgan fingerprint density at radius 3 is 2.50 bits per heavy atom. The zero-order valence-electron chi connectivity index (χ0n) is 25.2. The number of aryl methyl sites for hydroxylation is 1. The smallest absolute Gasteiger partial charge is 0.326 e. The number of rotatable bonds is 13. The Balaban J connectivity index is 1.57. The highest BCUT2D eigenvalue weighted by Crippen LogP contribution is 2.32. The quantitative estimate of drug-likeness (QED) is 0.325. The van der Waals surface area contributed by atoms with Crippen LogP contribution in [0.15, 0.2) is 42.5 Å². The molecular weight excluding hydrogens is 552 g/mol. The third kappa shape index (κ3) is 8.88. The van der Waals surface area contributed by atoms with Gasteiger partial charge in [0.05, 0.1) is 18.5 Å². The highest BCUT2D eigenvalue weighted by Gasteiger charge is 2.32. The molecule has 0 aromatic heterocycles. The summed E-state index contributed by atoms with van der Waals surface area (Å²) in [5.74, 6) is -1.49. The molecule has 1 saturated carbocycles. The summed E-state index contributed by atoms with van der Waals surface area (Å²) < 4.78 is 29.7. The fourth-order valence-electron chi connectivity index (χ4n) is 6.28. The predicted octanol–water partition coefficient (Wildman–Crippen LogP) is 5.23. The van der Waals surface area contributed by atoms with Crippen molar-refractivity contribution in [3.05, 3.63) is 59.2 Å². The molecule has 2 aromatic carbocycles. The van der Waals surface area contributed by atoms with Gasteiger partial charge in [0.25, 0.3) is 5.91 Å². The number of benzene rings is 2. The lowest BCUT2D eigenvalue weighted by atomic mass is 9.93. The first-order valence-electron chi connectivity index (χ1n) is 15.3. The van der Waals surface area contributed by atoms with E-state index >= 15 is 0 Å². The van der Waals surface area contributed by atoms with Crippen LogP contribution in [-0.4, -0.2) is 73.6 Å². The first-order valence-corrected chi connectivity index (χ1v) is 17.4. The number of aliphatic carboxylic acids is 1. The van der Waals surface area contributed by atoms with Crippen molar-refractivity contribution in [3.8, 4) is 11.1 Å². The fourth-order valence-corrected chi connectivity index (χ4v) is 6.94. The summed E-state index contributed by atoms with van der Waals surface area (Å²) in [5.41, 5.74) is 4.08. The minimum absolute atomic E-state index is 0.199. The summed E-state index contributed by atoms with van der Waals surface area (Å²) in [4.78, 5) is 27.8. The summed E-state index contributed by atoms with van der Waals surface area (Å²) in [5, 5.41) is 12.2. The molecule has 9 heteroatoms. The van der Waals surface area contributed by atoms with Gasteiger partial charge in [-0.3, -0.25) is 9.69 Å². The standard InChI is InChI=1S/C33H46N2O6S/c1-4-24-18-26(22-41-27-11-6-5-7-12-27)35(20-24)21-25-14-15-29(30(19-25)28-13-9-8-10-23(28)2)32(36)34-31(33(37)38)16-17-42(3,39)40/h8-10,13-15,19,24,26-27,31H,4-7,11-12,16-18,20-22H2,1-3H3,(H,34,36)(H,37,38)/t24-,26+,31?/m1/s1. The second-order valence-electron chi connectivity index (χ2n) is 12.2. The molecule has 3 atom stereocenters. The second-order valence-corrected chi connectivity index (χ2v) is 14.4. The zero-order valence-corrected chi connectivity index (χ0v) is 26.0. The zero-order chi connectivity index (χ0) is 30.3. The molecule has 2 aliphatic rings. The number of ether oxygens (including phenoxy) is 1. The van der Waals surface area contributed by atoms with E-state index in [2.05, 4.69) is 17.1 Å². The highest BCUT2D eigenvalue weighted by molar-refractivity contribution is 7.90. The van der Waals surface area contributed by atoms with Crippen LogP contribution in [0.2, 0.25) is 0 Å². The van der Waals surface area contributed by atoms with E-state index in [9.17, 15) is 23.1 Å². The van der Waals surface area contributed by atoms with Crippen molar-refractivity contribution < 1.29 is 27.9 Å². The highest BCUT2D eigenvalue weighted by atomic mass is 32.2. The van der Waals surface area contributed by atoms with Gasteiger partial charge in [-0.1, -0.05) is 62.9 Å². The maximum Gasteiger partial charge on any atom is 0.326 e. The summed E-state index contributed by atoms with van der Waals surface area (Å²) in [6.07, 6.45) is 9.61. The number of hydrogen-bond acceptors (Lipinski definition) is 6. The van der Waals surface area contributed by atoms with Crippen molar-refractivity contribution in [3.63, 3.8) is 0 Å². The lowest BCUT2D eigenvalue weighted by Gasteiger charge is -2.28. The molecule has 230 valence electrons. The molecule has 4 rings (SSSR count). The molecule has 1 unspecified atom stereocenters. The minimum Gasteiger partial charge on any atom is -0.480 e. The van der Waals surface area contributed by atoms with Crippen LogP contribution < -0.4 is 5.32 Å². The van der Waals surface area contributed by atoms with E-state index in [0.29, 0.717) is 23.6 Å². The molecule has 8 nitrogen and oxygen atoms in total. The Labute approximate surface area is 250 Å². The summed E-state index contributed by atoms with van der Waals surface area (Å²) in [7, 11) is -3.38. The molecule has 2 N–H and O–H groups in total. The van der Waals surface area contributed by atoms with Crippen LogP contribution in [0.5, 0.6) is 0 Å². The maximum atomic E-state index is 13.5. The lowest BCUT2D eigenvalue weighted by Crippen LogP contribution is -2.42. The van der Waals surface area contributed by atoms with Crippen LogP contribution in [0.1, 0.15) is 79.8 Å². The third-order valence-electron chi connectivity index (χ3n) is 8.80. The molecule has 0 bridgehead atoms. The Kier molecular flexibility index (Phi) is 11.2. The van der Waals surface area contributed by atoms with E-state index in [-0.39, 0.29) is 12.2 Å². The number of carbonyl (C=O) groups is 2. The van der Waals surface area contributed by atoms with Crippen LogP contribution >= 0.6 is 0 Å². The number of hydrogen-bond donors (Lipinski definition) is 2. The molecule has 1 aliphatic carbocycles. The van der Waals surface area contributed by atoms with Gasteiger partial charge in [-0.15, -0.1) is 0 Å². The van der Waals surface area contributed by atoms with Crippen molar-refractivity contribution in [2.45, 2.75) is 89.9 Å². The van der Waals surface area contributed by atoms with Crippen molar-refractivity contribution in [2.75, 3.05) is 25.2 Å². The number of nitrogens with one attached hydrogen (secondary N) is 1. The molecule has 1 heterocycles. The number of nitrogens with zero attached hydrogens (tertiary/aromatic N) is 1. The van der Waals surface area contributed by atoms with Crippen LogP contribution in [0.3, 0.4) is 0 Å². The number of likely N-dealkylation sites (tertiary alicyclic amines) is 1. The monoisotopic (exact) mass is 598 g/mol. The molecule has 2 fully saturated rings. The molecule has 0 radical (unpaired) electrons. The fraction of sp³-hybridized carbons (Fsp3) is 0.576. The molecule has 1 saturated heterocycles. The van der Waals surface area contributed by atoms with E-state index in [0.717, 1.165) is 73.9 Å². The largest absolute Gasteiger partial charge is 0.480 e. The van der Waals surface area contributed by atoms with E-state index in [1.54, 1.807) is 6.07 Å². The van der Waals surface area contributed by atoms with Crippen LogP contribution in [0.25, 0.3) is 11.1 Å². The van der Waals surface area contributed by atoms with E-state index < -0.39 is 27.8 Å². The third-order valence-corrected chi connectivity index (χ3v) is 9.78. The summed E-state index contributed by atoms with van der Waals surface area (Å²) in [6.45, 7) is 6.73. The van der Waals surface area contributed by atoms with Gasteiger partial charge >= 0.3 is 5.97 Å². The van der Waals surface area contributed by atoms with Crippen molar-refractivity contribution >= 4 is 21.7 Å². The SMILES string of the molecule is CC[C@@H]1C[C@@H](COC2CCCCC2)N(Cc2ccc(C(=O)NC(CCS(C)(=O)=O)C(=O)O)c(-c3ccccc3C)c2)C1. The number of carboxylic acid groups (broad SMARTS) is 1. The first kappa shape index (κ1) is 32.2. The molecule has 2 aromatic rings. The second kappa shape index (κ2) is 14.6. The predicted molar refractivity (Wildman–Crippen MR) is 165 cm³/mol. The Morgan fingerprint density at radius 2 is 1.83 bits per heavy atom. The van der Waals surface area contributed by atoms with Gasteiger partial charge in [0.2, 0.25) is 0 Å². The van der Waals surface area contributed by atoms with Crippen LogP contribution in [0.4, 0.5) is 0 Å². The van der Waals surface area contributed by atoms with Crippen molar-refractivity contribution in [1.82, 2.24) is 10.2 Å². The van der Waals surface area contributed by atoms with Gasteiger partial charge in [0.15, 0.2) is 0 Å². The lowest BCUT2D eigenvalue weighted by molar-refractivity contribution is -0.139. The van der Waals surface area contributed by atoms with Gasteiger partial charge in [-0.25, -0.2) is 13.2 Å².